The lowest BCUT2D eigenvalue weighted by Gasteiger charge is -2.06. The second kappa shape index (κ2) is 4.26. The number of nitrogens with zero attached hydrogens (tertiary/aromatic N) is 1. The van der Waals surface area contributed by atoms with E-state index in [1.165, 1.54) is 6.07 Å². The van der Waals surface area contributed by atoms with Crippen LogP contribution in [0, 0.1) is 0 Å². The minimum absolute atomic E-state index is 0.0844. The van der Waals surface area contributed by atoms with Crippen molar-refractivity contribution in [3.63, 3.8) is 0 Å². The molecule has 15 heavy (non-hydrogen) atoms. The van der Waals surface area contributed by atoms with Gasteiger partial charge in [0, 0.05) is 0 Å². The van der Waals surface area contributed by atoms with Gasteiger partial charge in [0.05, 0.1) is 0 Å². The van der Waals surface area contributed by atoms with Gasteiger partial charge in [-0.2, -0.15) is 4.99 Å². The molecule has 0 bridgehead atoms. The number of benzene rings is 1. The Morgan fingerprint density at radius 1 is 1.33 bits per heavy atom. The van der Waals surface area contributed by atoms with E-state index in [9.17, 15) is 9.59 Å². The van der Waals surface area contributed by atoms with Gasteiger partial charge in [0.15, 0.2) is 17.5 Å². The van der Waals surface area contributed by atoms with Crippen LogP contribution in [0.5, 0.6) is 11.5 Å². The normalized spacial score (nSPS) is 11.5. The fraction of sp³-hybridized carbons (Fsp3) is 0.111. The van der Waals surface area contributed by atoms with Gasteiger partial charge in [0.25, 0.3) is 0 Å². The van der Waals surface area contributed by atoms with E-state index in [0.29, 0.717) is 0 Å². The van der Waals surface area contributed by atoms with Crippen molar-refractivity contribution in [1.29, 1.82) is 0 Å². The summed E-state index contributed by atoms with van der Waals surface area (Å²) in [4.78, 5) is 23.7. The molecule has 0 aliphatic rings. The van der Waals surface area contributed by atoms with E-state index in [1.54, 1.807) is 0 Å². The highest BCUT2D eigenvalue weighted by atomic mass is 16.4. The number of aromatic hydroxyl groups is 2. The number of hydrogen-bond acceptors (Lipinski definition) is 5. The Morgan fingerprint density at radius 2 is 2.00 bits per heavy atom. The van der Waals surface area contributed by atoms with Crippen LogP contribution in [0.4, 0.5) is 0 Å². The molecule has 1 aromatic rings. The monoisotopic (exact) mass is 209 g/mol. The molecule has 1 aromatic carbocycles. The Hall–Kier alpha value is -2.33. The number of phenols is 2. The summed E-state index contributed by atoms with van der Waals surface area (Å²) in [5.41, 5.74) is 0.0844. The van der Waals surface area contributed by atoms with Gasteiger partial charge in [-0.25, -0.2) is 9.59 Å². The van der Waals surface area contributed by atoms with Crippen molar-refractivity contribution in [3.05, 3.63) is 23.8 Å². The van der Waals surface area contributed by atoms with Crippen molar-refractivity contribution in [2.24, 2.45) is 4.99 Å². The predicted molar refractivity (Wildman–Crippen MR) is 48.3 cm³/mol. The van der Waals surface area contributed by atoms with Gasteiger partial charge in [-0.05, 0) is 17.7 Å². The van der Waals surface area contributed by atoms with Gasteiger partial charge in [0.2, 0.25) is 6.08 Å². The van der Waals surface area contributed by atoms with Gasteiger partial charge in [-0.15, -0.1) is 0 Å². The molecule has 0 aliphatic heterocycles. The number of aliphatic imine (C=N–C) groups is 1. The third kappa shape index (κ3) is 2.32. The first-order chi connectivity index (χ1) is 7.06. The van der Waals surface area contributed by atoms with Crippen LogP contribution in [0.2, 0.25) is 0 Å². The number of carbonyl (C=O) groups is 1. The number of isocyanates is 1. The number of aliphatic carboxylic acids is 1. The van der Waals surface area contributed by atoms with Crippen molar-refractivity contribution >= 4 is 12.0 Å². The van der Waals surface area contributed by atoms with E-state index in [4.69, 9.17) is 15.3 Å². The lowest BCUT2D eigenvalue weighted by Crippen LogP contribution is -2.08. The summed E-state index contributed by atoms with van der Waals surface area (Å²) in [5, 5.41) is 26.8. The molecular weight excluding hydrogens is 202 g/mol. The van der Waals surface area contributed by atoms with Crippen molar-refractivity contribution in [3.8, 4) is 11.5 Å². The van der Waals surface area contributed by atoms with Crippen molar-refractivity contribution < 1.29 is 24.9 Å². The van der Waals surface area contributed by atoms with Crippen molar-refractivity contribution in [2.45, 2.75) is 6.04 Å². The molecule has 0 saturated carbocycles. The molecule has 0 aliphatic carbocycles. The van der Waals surface area contributed by atoms with Gasteiger partial charge in [-0.1, -0.05) is 6.07 Å². The quantitative estimate of drug-likeness (QED) is 0.383. The minimum Gasteiger partial charge on any atom is -0.504 e. The molecule has 0 spiro atoms. The maximum absolute atomic E-state index is 10.7. The molecule has 0 heterocycles. The summed E-state index contributed by atoms with van der Waals surface area (Å²) in [7, 11) is 0. The zero-order valence-electron chi connectivity index (χ0n) is 7.41. The summed E-state index contributed by atoms with van der Waals surface area (Å²) < 4.78 is 0. The lowest BCUT2D eigenvalue weighted by molar-refractivity contribution is -0.138. The summed E-state index contributed by atoms with van der Waals surface area (Å²) in [6.45, 7) is 0. The maximum atomic E-state index is 10.7. The Bertz CT molecular complexity index is 434. The second-order valence-electron chi connectivity index (χ2n) is 2.71. The van der Waals surface area contributed by atoms with Crippen LogP contribution in [-0.4, -0.2) is 27.4 Å². The maximum Gasteiger partial charge on any atom is 0.334 e. The van der Waals surface area contributed by atoms with E-state index in [0.717, 1.165) is 18.2 Å². The molecule has 6 heteroatoms. The van der Waals surface area contributed by atoms with Gasteiger partial charge < -0.3 is 15.3 Å². The number of carboxylic acid groups (broad SMARTS) is 1. The van der Waals surface area contributed by atoms with Crippen LogP contribution >= 0.6 is 0 Å². The molecule has 6 nitrogen and oxygen atoms in total. The van der Waals surface area contributed by atoms with Crippen molar-refractivity contribution in [2.75, 3.05) is 0 Å². The average molecular weight is 209 g/mol. The molecule has 1 rings (SSSR count). The summed E-state index contributed by atoms with van der Waals surface area (Å²) in [6, 6.07) is 1.96. The zero-order valence-corrected chi connectivity index (χ0v) is 7.41. The Kier molecular flexibility index (Phi) is 3.05. The molecule has 0 amide bonds. The third-order valence-electron chi connectivity index (χ3n) is 1.73. The summed E-state index contributed by atoms with van der Waals surface area (Å²) >= 11 is 0. The van der Waals surface area contributed by atoms with E-state index in [-0.39, 0.29) is 11.3 Å². The topological polar surface area (TPSA) is 107 Å². The summed E-state index contributed by atoms with van der Waals surface area (Å²) in [6.07, 6.45) is 1.13. The molecule has 78 valence electrons. The highest BCUT2D eigenvalue weighted by Crippen LogP contribution is 2.29. The highest BCUT2D eigenvalue weighted by molar-refractivity contribution is 5.77. The molecule has 0 aromatic heterocycles. The SMILES string of the molecule is O=C=NC(C(=O)O)c1ccc(O)c(O)c1. The Labute approximate surface area is 84.1 Å². The van der Waals surface area contributed by atoms with E-state index >= 15 is 0 Å². The predicted octanol–water partition coefficient (Wildman–Crippen LogP) is 0.559. The molecule has 1 unspecified atom stereocenters. The highest BCUT2D eigenvalue weighted by Gasteiger charge is 2.19. The minimum atomic E-state index is -1.42. The fourth-order valence-electron chi connectivity index (χ4n) is 1.04. The first-order valence-electron chi connectivity index (χ1n) is 3.88. The zero-order chi connectivity index (χ0) is 11.4. The largest absolute Gasteiger partial charge is 0.504 e. The van der Waals surface area contributed by atoms with Crippen LogP contribution < -0.4 is 0 Å². The van der Waals surface area contributed by atoms with Crippen molar-refractivity contribution in [1.82, 2.24) is 0 Å². The van der Waals surface area contributed by atoms with E-state index < -0.39 is 17.8 Å². The third-order valence-corrected chi connectivity index (χ3v) is 1.73. The number of phenolic OH excluding ortho intramolecular Hbond substituents is 2. The standard InChI is InChI=1S/C9H7NO5/c11-4-10-8(9(14)15)5-1-2-6(12)7(13)3-5/h1-3,8,12-13H,(H,14,15). The molecule has 1 atom stereocenters. The van der Waals surface area contributed by atoms with Crippen LogP contribution in [0.25, 0.3) is 0 Å². The van der Waals surface area contributed by atoms with Crippen LogP contribution in [0.1, 0.15) is 11.6 Å². The molecular formula is C9H7NO5. The van der Waals surface area contributed by atoms with Crippen LogP contribution in [0.15, 0.2) is 23.2 Å². The first kappa shape index (κ1) is 10.7. The number of rotatable bonds is 3. The van der Waals surface area contributed by atoms with Gasteiger partial charge in [0.1, 0.15) is 0 Å². The van der Waals surface area contributed by atoms with Crippen LogP contribution in [-0.2, 0) is 9.59 Å². The lowest BCUT2D eigenvalue weighted by atomic mass is 10.1. The number of carbonyl (C=O) groups excluding carboxylic acids is 1. The smallest absolute Gasteiger partial charge is 0.334 e. The Morgan fingerprint density at radius 3 is 2.47 bits per heavy atom. The van der Waals surface area contributed by atoms with E-state index in [2.05, 4.69) is 4.99 Å². The molecule has 0 radical (unpaired) electrons. The fourth-order valence-corrected chi connectivity index (χ4v) is 1.04. The van der Waals surface area contributed by atoms with Gasteiger partial charge in [-0.3, -0.25) is 0 Å². The second-order valence-corrected chi connectivity index (χ2v) is 2.71. The van der Waals surface area contributed by atoms with E-state index in [1.807, 2.05) is 0 Å². The number of hydrogen-bond donors (Lipinski definition) is 3. The average Bonchev–Trinajstić information content (AvgIpc) is 2.18. The molecule has 0 saturated heterocycles. The summed E-state index contributed by atoms with van der Waals surface area (Å²) in [5.74, 6) is -2.19. The van der Waals surface area contributed by atoms with Gasteiger partial charge >= 0.3 is 5.97 Å². The molecule has 3 N–H and O–H groups in total. The van der Waals surface area contributed by atoms with Crippen LogP contribution in [0.3, 0.4) is 0 Å². The Balaban J connectivity index is 3.17. The number of carboxylic acids is 1. The molecule has 0 fully saturated rings. The first-order valence-corrected chi connectivity index (χ1v) is 3.88.